The van der Waals surface area contributed by atoms with Crippen molar-refractivity contribution in [3.63, 3.8) is 0 Å². The summed E-state index contributed by atoms with van der Waals surface area (Å²) in [6.45, 7) is 6.27. The maximum Gasteiger partial charge on any atom is 0.238 e. The van der Waals surface area contributed by atoms with Gasteiger partial charge in [0.25, 0.3) is 0 Å². The molecular formula is C13H20N4O. The van der Waals surface area contributed by atoms with Gasteiger partial charge >= 0.3 is 0 Å². The third-order valence-corrected chi connectivity index (χ3v) is 3.57. The summed E-state index contributed by atoms with van der Waals surface area (Å²) < 4.78 is 0. The van der Waals surface area contributed by atoms with E-state index in [1.54, 1.807) is 0 Å². The number of nitrogens with one attached hydrogen (secondary N) is 1. The van der Waals surface area contributed by atoms with E-state index in [2.05, 4.69) is 17.5 Å². The van der Waals surface area contributed by atoms with Gasteiger partial charge < -0.3 is 10.2 Å². The molecule has 0 unspecified atom stereocenters. The first kappa shape index (κ1) is 14.5. The number of hydrogen-bond donors (Lipinski definition) is 1. The summed E-state index contributed by atoms with van der Waals surface area (Å²) in [6.07, 6.45) is 2.10. The maximum atomic E-state index is 12.1. The smallest absolute Gasteiger partial charge is 0.238 e. The third kappa shape index (κ3) is 3.21. The summed E-state index contributed by atoms with van der Waals surface area (Å²) in [7, 11) is 0. The summed E-state index contributed by atoms with van der Waals surface area (Å²) in [6, 6.07) is 3.29. The van der Waals surface area contributed by atoms with E-state index in [4.69, 9.17) is 10.5 Å². The van der Waals surface area contributed by atoms with Crippen molar-refractivity contribution in [1.82, 2.24) is 10.2 Å². The van der Waals surface area contributed by atoms with Crippen LogP contribution in [0.25, 0.3) is 0 Å². The molecule has 5 heteroatoms. The molecule has 1 amide bonds. The van der Waals surface area contributed by atoms with Crippen molar-refractivity contribution in [2.75, 3.05) is 6.54 Å². The average Bonchev–Trinajstić information content (AvgIpc) is 2.79. The Hall–Kier alpha value is -1.59. The molecule has 1 aliphatic rings. The predicted octanol–water partition coefficient (Wildman–Crippen LogP) is 1.17. The second-order valence-corrected chi connectivity index (χ2v) is 5.26. The van der Waals surface area contributed by atoms with Gasteiger partial charge in [-0.2, -0.15) is 10.5 Å². The molecule has 0 aromatic heterocycles. The molecule has 0 aromatic rings. The number of amides is 1. The Balaban J connectivity index is 2.65. The molecule has 0 bridgehead atoms. The number of hydrogen-bond acceptors (Lipinski definition) is 4. The Morgan fingerprint density at radius 2 is 1.83 bits per heavy atom. The van der Waals surface area contributed by atoms with Crippen LogP contribution in [-0.4, -0.2) is 35.0 Å². The van der Waals surface area contributed by atoms with Crippen LogP contribution in [0.2, 0.25) is 0 Å². The number of nitrogens with zero attached hydrogens (tertiary/aromatic N) is 3. The standard InChI is InChI=1S/C13H20N4O/c1-4-13(2,3)16-9-12(18)17-10(7-14)5-6-11(17)8-15/h10-11,16H,4-6,9H2,1-3H3/t10-,11+. The molecule has 0 spiro atoms. The van der Waals surface area contributed by atoms with Gasteiger partial charge in [-0.1, -0.05) is 6.92 Å². The quantitative estimate of drug-likeness (QED) is 0.810. The van der Waals surface area contributed by atoms with Gasteiger partial charge in [0.05, 0.1) is 18.7 Å². The summed E-state index contributed by atoms with van der Waals surface area (Å²) in [5.74, 6) is -0.160. The molecule has 1 aliphatic heterocycles. The number of carbonyl (C=O) groups is 1. The summed E-state index contributed by atoms with van der Waals surface area (Å²) in [5, 5.41) is 21.2. The first-order chi connectivity index (χ1) is 8.45. The van der Waals surface area contributed by atoms with Crippen LogP contribution in [-0.2, 0) is 4.79 Å². The number of nitriles is 2. The second-order valence-electron chi connectivity index (χ2n) is 5.26. The van der Waals surface area contributed by atoms with E-state index in [0.717, 1.165) is 6.42 Å². The van der Waals surface area contributed by atoms with Gasteiger partial charge in [0.1, 0.15) is 12.1 Å². The molecule has 0 radical (unpaired) electrons. The minimum atomic E-state index is -0.450. The molecular weight excluding hydrogens is 228 g/mol. The Labute approximate surface area is 108 Å². The SMILES string of the molecule is CCC(C)(C)NCC(=O)N1[C@H](C#N)CC[C@@H]1C#N. The molecule has 0 saturated carbocycles. The molecule has 98 valence electrons. The van der Waals surface area contributed by atoms with Gasteiger partial charge in [0.2, 0.25) is 5.91 Å². The molecule has 1 heterocycles. The zero-order valence-electron chi connectivity index (χ0n) is 11.2. The summed E-state index contributed by atoms with van der Waals surface area (Å²) in [5.41, 5.74) is -0.111. The van der Waals surface area contributed by atoms with Crippen LogP contribution in [0.5, 0.6) is 0 Å². The lowest BCUT2D eigenvalue weighted by atomic mass is 10.0. The van der Waals surface area contributed by atoms with E-state index in [0.29, 0.717) is 12.8 Å². The Bertz CT molecular complexity index is 369. The topological polar surface area (TPSA) is 79.9 Å². The van der Waals surface area contributed by atoms with Crippen molar-refractivity contribution in [3.8, 4) is 12.1 Å². The molecule has 5 nitrogen and oxygen atoms in total. The summed E-state index contributed by atoms with van der Waals surface area (Å²) in [4.78, 5) is 13.5. The van der Waals surface area contributed by atoms with Gasteiger partial charge in [0.15, 0.2) is 0 Å². The van der Waals surface area contributed by atoms with E-state index in [9.17, 15) is 4.79 Å². The first-order valence-corrected chi connectivity index (χ1v) is 6.30. The average molecular weight is 248 g/mol. The van der Waals surface area contributed by atoms with Crippen LogP contribution >= 0.6 is 0 Å². The molecule has 1 saturated heterocycles. The van der Waals surface area contributed by atoms with Gasteiger partial charge in [-0.05, 0) is 33.1 Å². The third-order valence-electron chi connectivity index (χ3n) is 3.57. The van der Waals surface area contributed by atoms with Gasteiger partial charge in [-0.15, -0.1) is 0 Å². The van der Waals surface area contributed by atoms with Crippen molar-refractivity contribution in [1.29, 1.82) is 10.5 Å². The van der Waals surface area contributed by atoms with E-state index in [1.165, 1.54) is 4.90 Å². The lowest BCUT2D eigenvalue weighted by Crippen LogP contribution is -2.49. The fraction of sp³-hybridized carbons (Fsp3) is 0.769. The van der Waals surface area contributed by atoms with E-state index >= 15 is 0 Å². The van der Waals surface area contributed by atoms with Crippen molar-refractivity contribution in [3.05, 3.63) is 0 Å². The highest BCUT2D eigenvalue weighted by Crippen LogP contribution is 2.23. The van der Waals surface area contributed by atoms with Crippen LogP contribution in [0.1, 0.15) is 40.0 Å². The monoisotopic (exact) mass is 248 g/mol. The van der Waals surface area contributed by atoms with Crippen molar-refractivity contribution in [2.45, 2.75) is 57.7 Å². The highest BCUT2D eigenvalue weighted by molar-refractivity contribution is 5.80. The predicted molar refractivity (Wildman–Crippen MR) is 67.3 cm³/mol. The number of carbonyl (C=O) groups excluding carboxylic acids is 1. The Morgan fingerprint density at radius 3 is 2.22 bits per heavy atom. The second kappa shape index (κ2) is 5.84. The largest absolute Gasteiger partial charge is 0.310 e. The molecule has 1 rings (SSSR count). The number of rotatable bonds is 4. The lowest BCUT2D eigenvalue weighted by Gasteiger charge is -2.28. The van der Waals surface area contributed by atoms with Gasteiger partial charge in [0, 0.05) is 5.54 Å². The minimum Gasteiger partial charge on any atom is -0.310 e. The van der Waals surface area contributed by atoms with E-state index in [1.807, 2.05) is 20.8 Å². The van der Waals surface area contributed by atoms with Gasteiger partial charge in [-0.3, -0.25) is 4.79 Å². The molecule has 1 N–H and O–H groups in total. The fourth-order valence-electron chi connectivity index (χ4n) is 1.94. The molecule has 0 aromatic carbocycles. The minimum absolute atomic E-state index is 0.111. The van der Waals surface area contributed by atoms with E-state index in [-0.39, 0.29) is 18.0 Å². The van der Waals surface area contributed by atoms with Crippen molar-refractivity contribution >= 4 is 5.91 Å². The Kier molecular flexibility index (Phi) is 4.69. The molecule has 18 heavy (non-hydrogen) atoms. The van der Waals surface area contributed by atoms with Gasteiger partial charge in [-0.25, -0.2) is 0 Å². The van der Waals surface area contributed by atoms with E-state index < -0.39 is 12.1 Å². The summed E-state index contributed by atoms with van der Waals surface area (Å²) >= 11 is 0. The number of likely N-dealkylation sites (tertiary alicyclic amines) is 1. The molecule has 2 atom stereocenters. The zero-order valence-corrected chi connectivity index (χ0v) is 11.2. The maximum absolute atomic E-state index is 12.1. The van der Waals surface area contributed by atoms with Crippen LogP contribution in [0, 0.1) is 22.7 Å². The van der Waals surface area contributed by atoms with Crippen LogP contribution in [0.4, 0.5) is 0 Å². The Morgan fingerprint density at radius 1 is 1.33 bits per heavy atom. The fourth-order valence-corrected chi connectivity index (χ4v) is 1.94. The zero-order chi connectivity index (χ0) is 13.8. The lowest BCUT2D eigenvalue weighted by molar-refractivity contribution is -0.131. The van der Waals surface area contributed by atoms with Crippen molar-refractivity contribution < 1.29 is 4.79 Å². The van der Waals surface area contributed by atoms with Crippen LogP contribution in [0.3, 0.4) is 0 Å². The first-order valence-electron chi connectivity index (χ1n) is 6.30. The van der Waals surface area contributed by atoms with Crippen LogP contribution in [0.15, 0.2) is 0 Å². The van der Waals surface area contributed by atoms with Crippen molar-refractivity contribution in [2.24, 2.45) is 0 Å². The normalized spacial score (nSPS) is 23.5. The molecule has 0 aliphatic carbocycles. The highest BCUT2D eigenvalue weighted by Gasteiger charge is 2.37. The highest BCUT2D eigenvalue weighted by atomic mass is 16.2. The molecule has 1 fully saturated rings. The van der Waals surface area contributed by atoms with Crippen LogP contribution < -0.4 is 5.32 Å².